The number of aliphatic hydroxyl groups excluding tert-OH is 1. The minimum absolute atomic E-state index is 0.210. The van der Waals surface area contributed by atoms with Crippen LogP contribution in [0, 0.1) is 5.41 Å². The molecule has 0 spiro atoms. The van der Waals surface area contributed by atoms with Crippen molar-refractivity contribution in [3.05, 3.63) is 35.9 Å². The molecule has 1 aliphatic rings. The van der Waals surface area contributed by atoms with Crippen LogP contribution in [0.15, 0.2) is 30.3 Å². The first-order valence-corrected chi connectivity index (χ1v) is 7.46. The third-order valence-corrected chi connectivity index (χ3v) is 4.44. The van der Waals surface area contributed by atoms with Crippen LogP contribution < -0.4 is 0 Å². The highest BCUT2D eigenvalue weighted by Gasteiger charge is 2.40. The number of benzene rings is 1. The molecule has 0 saturated heterocycles. The molecule has 0 unspecified atom stereocenters. The van der Waals surface area contributed by atoms with E-state index >= 15 is 0 Å². The smallest absolute Gasteiger partial charge is 0.169 e. The van der Waals surface area contributed by atoms with E-state index in [2.05, 4.69) is 6.92 Å². The molecule has 1 aromatic carbocycles. The highest BCUT2D eigenvalue weighted by atomic mass is 16.3. The van der Waals surface area contributed by atoms with E-state index in [1.54, 1.807) is 0 Å². The van der Waals surface area contributed by atoms with E-state index in [-0.39, 0.29) is 17.3 Å². The van der Waals surface area contributed by atoms with Crippen molar-refractivity contribution < 1.29 is 9.90 Å². The van der Waals surface area contributed by atoms with Crippen molar-refractivity contribution in [1.82, 2.24) is 0 Å². The van der Waals surface area contributed by atoms with Gasteiger partial charge in [-0.3, -0.25) is 4.79 Å². The third kappa shape index (κ3) is 3.24. The van der Waals surface area contributed by atoms with Gasteiger partial charge < -0.3 is 5.11 Å². The van der Waals surface area contributed by atoms with Gasteiger partial charge in [-0.05, 0) is 32.1 Å². The fraction of sp³-hybridized carbons (Fsp3) is 0.588. The van der Waals surface area contributed by atoms with Crippen LogP contribution in [0.4, 0.5) is 0 Å². The van der Waals surface area contributed by atoms with Crippen LogP contribution in [0.25, 0.3) is 0 Å². The predicted molar refractivity (Wildman–Crippen MR) is 77.2 cm³/mol. The molecule has 0 aromatic heterocycles. The largest absolute Gasteiger partial charge is 0.393 e. The Bertz CT molecular complexity index is 397. The van der Waals surface area contributed by atoms with Crippen molar-refractivity contribution in [3.63, 3.8) is 0 Å². The summed E-state index contributed by atoms with van der Waals surface area (Å²) in [6.07, 6.45) is 6.16. The summed E-state index contributed by atoms with van der Waals surface area (Å²) >= 11 is 0. The molecule has 2 heteroatoms. The van der Waals surface area contributed by atoms with Crippen molar-refractivity contribution in [3.8, 4) is 0 Å². The molecule has 0 aliphatic heterocycles. The van der Waals surface area contributed by atoms with E-state index in [1.807, 2.05) is 30.3 Å². The molecule has 2 nitrogen and oxygen atoms in total. The Morgan fingerprint density at radius 3 is 2.47 bits per heavy atom. The SMILES string of the molecule is CCCCC1(C(=O)c2ccccc2)CCC(O)CC1. The number of carbonyl (C=O) groups is 1. The van der Waals surface area contributed by atoms with Crippen LogP contribution in [0.5, 0.6) is 0 Å². The molecule has 1 fully saturated rings. The third-order valence-electron chi connectivity index (χ3n) is 4.44. The van der Waals surface area contributed by atoms with E-state index in [0.29, 0.717) is 0 Å². The van der Waals surface area contributed by atoms with Gasteiger partial charge in [0.2, 0.25) is 0 Å². The zero-order valence-corrected chi connectivity index (χ0v) is 11.8. The minimum Gasteiger partial charge on any atom is -0.393 e. The van der Waals surface area contributed by atoms with Crippen LogP contribution in [0.1, 0.15) is 62.2 Å². The maximum atomic E-state index is 12.9. The summed E-state index contributed by atoms with van der Waals surface area (Å²) in [5.74, 6) is 0.286. The number of carbonyl (C=O) groups excluding carboxylic acids is 1. The summed E-state index contributed by atoms with van der Waals surface area (Å²) in [6.45, 7) is 2.17. The molecule has 1 aliphatic carbocycles. The molecule has 1 N–H and O–H groups in total. The molecule has 19 heavy (non-hydrogen) atoms. The van der Waals surface area contributed by atoms with Gasteiger partial charge in [0.15, 0.2) is 5.78 Å². The second kappa shape index (κ2) is 6.33. The van der Waals surface area contributed by atoms with E-state index < -0.39 is 0 Å². The van der Waals surface area contributed by atoms with E-state index in [0.717, 1.165) is 50.5 Å². The van der Waals surface area contributed by atoms with Gasteiger partial charge in [-0.15, -0.1) is 0 Å². The second-order valence-electron chi connectivity index (χ2n) is 5.81. The molecule has 0 radical (unpaired) electrons. The molecule has 2 rings (SSSR count). The van der Waals surface area contributed by atoms with Gasteiger partial charge in [0.1, 0.15) is 0 Å². The highest BCUT2D eigenvalue weighted by Crippen LogP contribution is 2.43. The van der Waals surface area contributed by atoms with E-state index in [1.165, 1.54) is 0 Å². The first-order chi connectivity index (χ1) is 9.18. The summed E-state index contributed by atoms with van der Waals surface area (Å²) in [7, 11) is 0. The Hall–Kier alpha value is -1.15. The van der Waals surface area contributed by atoms with Gasteiger partial charge in [-0.1, -0.05) is 50.1 Å². The molecule has 0 atom stereocenters. The lowest BCUT2D eigenvalue weighted by atomic mass is 9.66. The average Bonchev–Trinajstić information content (AvgIpc) is 2.47. The van der Waals surface area contributed by atoms with Crippen LogP contribution in [-0.2, 0) is 0 Å². The van der Waals surface area contributed by atoms with Gasteiger partial charge in [-0.2, -0.15) is 0 Å². The second-order valence-corrected chi connectivity index (χ2v) is 5.81. The quantitative estimate of drug-likeness (QED) is 0.813. The normalized spacial score (nSPS) is 27.2. The van der Waals surface area contributed by atoms with Crippen molar-refractivity contribution in [2.24, 2.45) is 5.41 Å². The average molecular weight is 260 g/mol. The summed E-state index contributed by atoms with van der Waals surface area (Å²) in [4.78, 5) is 12.9. The van der Waals surface area contributed by atoms with Crippen molar-refractivity contribution in [2.45, 2.75) is 58.0 Å². The number of hydrogen-bond acceptors (Lipinski definition) is 2. The molecule has 104 valence electrons. The number of hydrogen-bond donors (Lipinski definition) is 1. The summed E-state index contributed by atoms with van der Waals surface area (Å²) in [5.41, 5.74) is 0.603. The minimum atomic E-state index is -0.226. The number of unbranched alkanes of at least 4 members (excludes halogenated alkanes) is 1. The van der Waals surface area contributed by atoms with E-state index in [9.17, 15) is 9.90 Å². The first kappa shape index (κ1) is 14.3. The fourth-order valence-corrected chi connectivity index (χ4v) is 3.16. The molecule has 1 aromatic rings. The Morgan fingerprint density at radius 2 is 1.89 bits per heavy atom. The van der Waals surface area contributed by atoms with Crippen LogP contribution in [0.3, 0.4) is 0 Å². The first-order valence-electron chi connectivity index (χ1n) is 7.46. The number of Topliss-reactive ketones (excluding diaryl/α,β-unsaturated/α-hetero) is 1. The lowest BCUT2D eigenvalue weighted by molar-refractivity contribution is 0.0437. The molecule has 0 bridgehead atoms. The lowest BCUT2D eigenvalue weighted by Gasteiger charge is -2.38. The van der Waals surface area contributed by atoms with Crippen molar-refractivity contribution in [1.29, 1.82) is 0 Å². The van der Waals surface area contributed by atoms with Crippen LogP contribution >= 0.6 is 0 Å². The Balaban J connectivity index is 2.20. The Morgan fingerprint density at radius 1 is 1.26 bits per heavy atom. The molecule has 1 saturated carbocycles. The van der Waals surface area contributed by atoms with Gasteiger partial charge in [-0.25, -0.2) is 0 Å². The number of aliphatic hydroxyl groups is 1. The Kier molecular flexibility index (Phi) is 4.76. The topological polar surface area (TPSA) is 37.3 Å². The maximum absolute atomic E-state index is 12.9. The molecular weight excluding hydrogens is 236 g/mol. The van der Waals surface area contributed by atoms with Crippen molar-refractivity contribution >= 4 is 5.78 Å². The van der Waals surface area contributed by atoms with Gasteiger partial charge in [0.25, 0.3) is 0 Å². The number of ketones is 1. The van der Waals surface area contributed by atoms with Gasteiger partial charge >= 0.3 is 0 Å². The summed E-state index contributed by atoms with van der Waals surface area (Å²) in [5, 5.41) is 9.71. The van der Waals surface area contributed by atoms with Gasteiger partial charge in [0, 0.05) is 11.0 Å². The zero-order valence-electron chi connectivity index (χ0n) is 11.8. The zero-order chi connectivity index (χ0) is 13.7. The molecule has 0 heterocycles. The Labute approximate surface area is 115 Å². The maximum Gasteiger partial charge on any atom is 0.169 e. The molecular formula is C17H24O2. The number of rotatable bonds is 5. The van der Waals surface area contributed by atoms with Crippen LogP contribution in [-0.4, -0.2) is 17.0 Å². The predicted octanol–water partition coefficient (Wildman–Crippen LogP) is 3.98. The highest BCUT2D eigenvalue weighted by molar-refractivity contribution is 6.00. The lowest BCUT2D eigenvalue weighted by Crippen LogP contribution is -2.37. The van der Waals surface area contributed by atoms with Crippen LogP contribution in [0.2, 0.25) is 0 Å². The fourth-order valence-electron chi connectivity index (χ4n) is 3.16. The van der Waals surface area contributed by atoms with E-state index in [4.69, 9.17) is 0 Å². The molecule has 0 amide bonds. The summed E-state index contributed by atoms with van der Waals surface area (Å²) < 4.78 is 0. The summed E-state index contributed by atoms with van der Waals surface area (Å²) in [6, 6.07) is 9.64. The standard InChI is InChI=1S/C17H24O2/c1-2-3-11-17(12-9-15(18)10-13-17)16(19)14-7-5-4-6-8-14/h4-8,15,18H,2-3,9-13H2,1H3. The van der Waals surface area contributed by atoms with Gasteiger partial charge in [0.05, 0.1) is 6.10 Å². The van der Waals surface area contributed by atoms with Crippen molar-refractivity contribution in [2.75, 3.05) is 0 Å². The monoisotopic (exact) mass is 260 g/mol.